The van der Waals surface area contributed by atoms with Gasteiger partial charge in [-0.05, 0) is 34.8 Å². The Bertz CT molecular complexity index is 779. The molecule has 126 valence electrons. The number of piperidine rings is 1. The van der Waals surface area contributed by atoms with E-state index in [1.807, 2.05) is 23.1 Å². The lowest BCUT2D eigenvalue weighted by atomic mass is 9.84. The van der Waals surface area contributed by atoms with E-state index in [2.05, 4.69) is 20.9 Å². The van der Waals surface area contributed by atoms with Gasteiger partial charge in [0.25, 0.3) is 0 Å². The van der Waals surface area contributed by atoms with Crippen LogP contribution in [0.5, 0.6) is 0 Å². The first kappa shape index (κ1) is 17.1. The number of benzene rings is 1. The second-order valence-corrected chi connectivity index (χ2v) is 7.07. The summed E-state index contributed by atoms with van der Waals surface area (Å²) in [5, 5.41) is 22.7. The van der Waals surface area contributed by atoms with Gasteiger partial charge in [-0.1, -0.05) is 29.8 Å². The summed E-state index contributed by atoms with van der Waals surface area (Å²) in [6.07, 6.45) is 2.38. The molecule has 0 bridgehead atoms. The fourth-order valence-electron chi connectivity index (χ4n) is 3.00. The molecular formula is C16H15BrClN3O3. The van der Waals surface area contributed by atoms with Crippen molar-refractivity contribution in [1.82, 2.24) is 4.98 Å². The molecule has 3 rings (SSSR count). The van der Waals surface area contributed by atoms with E-state index in [-0.39, 0.29) is 5.69 Å². The summed E-state index contributed by atoms with van der Waals surface area (Å²) in [4.78, 5) is 16.8. The van der Waals surface area contributed by atoms with E-state index < -0.39 is 10.5 Å². The van der Waals surface area contributed by atoms with Crippen LogP contribution in [0.2, 0.25) is 5.02 Å². The molecule has 2 aromatic rings. The van der Waals surface area contributed by atoms with Crippen LogP contribution in [0.3, 0.4) is 0 Å². The van der Waals surface area contributed by atoms with Gasteiger partial charge in [-0.15, -0.1) is 0 Å². The third-order valence-electron chi connectivity index (χ3n) is 4.28. The maximum atomic E-state index is 11.3. The highest BCUT2D eigenvalue weighted by molar-refractivity contribution is 9.10. The van der Waals surface area contributed by atoms with E-state index in [9.17, 15) is 15.2 Å². The van der Waals surface area contributed by atoms with E-state index in [1.165, 1.54) is 12.3 Å². The van der Waals surface area contributed by atoms with Crippen LogP contribution in [0.25, 0.3) is 0 Å². The Morgan fingerprint density at radius 3 is 2.62 bits per heavy atom. The van der Waals surface area contributed by atoms with Crippen molar-refractivity contribution in [2.24, 2.45) is 0 Å². The predicted molar refractivity (Wildman–Crippen MR) is 95.4 cm³/mol. The first-order valence-electron chi connectivity index (χ1n) is 7.43. The molecule has 1 N–H and O–H groups in total. The van der Waals surface area contributed by atoms with Gasteiger partial charge in [0.1, 0.15) is 0 Å². The van der Waals surface area contributed by atoms with Crippen molar-refractivity contribution in [3.8, 4) is 0 Å². The van der Waals surface area contributed by atoms with Crippen molar-refractivity contribution < 1.29 is 10.0 Å². The molecule has 2 heterocycles. The molecule has 1 fully saturated rings. The van der Waals surface area contributed by atoms with Crippen molar-refractivity contribution in [2.75, 3.05) is 18.0 Å². The Morgan fingerprint density at radius 2 is 2.00 bits per heavy atom. The Labute approximate surface area is 152 Å². The van der Waals surface area contributed by atoms with Gasteiger partial charge in [-0.3, -0.25) is 10.1 Å². The van der Waals surface area contributed by atoms with Gasteiger partial charge in [-0.2, -0.15) is 0 Å². The fourth-order valence-corrected chi connectivity index (χ4v) is 3.63. The van der Waals surface area contributed by atoms with E-state index in [0.717, 1.165) is 0 Å². The van der Waals surface area contributed by atoms with Gasteiger partial charge in [0.05, 0.1) is 10.5 Å². The van der Waals surface area contributed by atoms with Crippen molar-refractivity contribution in [3.05, 3.63) is 61.7 Å². The maximum absolute atomic E-state index is 11.3. The average molecular weight is 413 g/mol. The molecule has 0 atom stereocenters. The number of hydrogen-bond acceptors (Lipinski definition) is 5. The molecule has 0 aliphatic carbocycles. The van der Waals surface area contributed by atoms with Crippen LogP contribution >= 0.6 is 27.5 Å². The number of rotatable bonds is 3. The van der Waals surface area contributed by atoms with Crippen LogP contribution in [0.1, 0.15) is 18.4 Å². The minimum absolute atomic E-state index is 0.0486. The number of nitro groups is 1. The number of halogens is 2. The van der Waals surface area contributed by atoms with Gasteiger partial charge >= 0.3 is 5.69 Å². The highest BCUT2D eigenvalue weighted by atomic mass is 79.9. The third kappa shape index (κ3) is 3.24. The van der Waals surface area contributed by atoms with Crippen LogP contribution in [0, 0.1) is 10.1 Å². The standard InChI is InChI=1S/C16H15BrClN3O3/c17-11-9-14(21(23)24)15(19-10-11)20-7-5-16(22,6-8-20)12-3-1-2-4-13(12)18/h1-4,9-10,22H,5-8H2. The lowest BCUT2D eigenvalue weighted by Crippen LogP contribution is -2.43. The molecule has 8 heteroatoms. The van der Waals surface area contributed by atoms with Crippen molar-refractivity contribution >= 4 is 39.0 Å². The summed E-state index contributed by atoms with van der Waals surface area (Å²) < 4.78 is 0.558. The molecule has 0 radical (unpaired) electrons. The summed E-state index contributed by atoms with van der Waals surface area (Å²) in [5.74, 6) is 0.324. The molecule has 1 aromatic carbocycles. The van der Waals surface area contributed by atoms with Gasteiger partial charge in [0.2, 0.25) is 5.82 Å². The summed E-state index contributed by atoms with van der Waals surface area (Å²) in [5.41, 5.74) is -0.379. The highest BCUT2D eigenvalue weighted by Crippen LogP contribution is 2.39. The molecule has 1 aliphatic heterocycles. The number of aromatic nitrogens is 1. The first-order chi connectivity index (χ1) is 11.4. The van der Waals surface area contributed by atoms with E-state index in [4.69, 9.17) is 11.6 Å². The first-order valence-corrected chi connectivity index (χ1v) is 8.60. The number of hydrogen-bond donors (Lipinski definition) is 1. The monoisotopic (exact) mass is 411 g/mol. The van der Waals surface area contributed by atoms with E-state index in [1.54, 1.807) is 6.07 Å². The fraction of sp³-hybridized carbons (Fsp3) is 0.312. The van der Waals surface area contributed by atoms with Gasteiger partial charge in [-0.25, -0.2) is 4.98 Å². The largest absolute Gasteiger partial charge is 0.385 e. The van der Waals surface area contributed by atoms with Crippen molar-refractivity contribution in [3.63, 3.8) is 0 Å². The highest BCUT2D eigenvalue weighted by Gasteiger charge is 2.37. The van der Waals surface area contributed by atoms with Crippen LogP contribution in [-0.2, 0) is 5.60 Å². The lowest BCUT2D eigenvalue weighted by molar-refractivity contribution is -0.384. The van der Waals surface area contributed by atoms with Gasteiger partial charge in [0, 0.05) is 40.4 Å². The van der Waals surface area contributed by atoms with Gasteiger partial charge in [0.15, 0.2) is 0 Å². The lowest BCUT2D eigenvalue weighted by Gasteiger charge is -2.39. The SMILES string of the molecule is O=[N+]([O-])c1cc(Br)cnc1N1CCC(O)(c2ccccc2Cl)CC1. The molecule has 1 aromatic heterocycles. The Morgan fingerprint density at radius 1 is 1.33 bits per heavy atom. The smallest absolute Gasteiger partial charge is 0.312 e. The second kappa shape index (κ2) is 6.66. The van der Waals surface area contributed by atoms with Crippen LogP contribution < -0.4 is 4.90 Å². The average Bonchev–Trinajstić information content (AvgIpc) is 2.56. The zero-order valence-corrected chi connectivity index (χ0v) is 15.0. The summed E-state index contributed by atoms with van der Waals surface area (Å²) in [6.45, 7) is 0.911. The number of nitrogens with zero attached hydrogens (tertiary/aromatic N) is 3. The molecule has 0 unspecified atom stereocenters. The molecule has 0 spiro atoms. The predicted octanol–water partition coefficient (Wildman–Crippen LogP) is 3.89. The Hall–Kier alpha value is -1.70. The Kier molecular flexibility index (Phi) is 4.76. The van der Waals surface area contributed by atoms with Crippen LogP contribution in [-0.4, -0.2) is 28.1 Å². The summed E-state index contributed by atoms with van der Waals surface area (Å²) in [7, 11) is 0. The zero-order valence-electron chi connectivity index (χ0n) is 12.7. The molecule has 24 heavy (non-hydrogen) atoms. The molecule has 0 amide bonds. The molecule has 6 nitrogen and oxygen atoms in total. The van der Waals surface area contributed by atoms with Gasteiger partial charge < -0.3 is 10.0 Å². The topological polar surface area (TPSA) is 79.5 Å². The summed E-state index contributed by atoms with van der Waals surface area (Å²) in [6, 6.07) is 8.67. The number of pyridine rings is 1. The van der Waals surface area contributed by atoms with Crippen LogP contribution in [0.15, 0.2) is 41.0 Å². The number of aliphatic hydroxyl groups is 1. The quantitative estimate of drug-likeness (QED) is 0.611. The minimum atomic E-state index is -1.03. The molecular weight excluding hydrogens is 398 g/mol. The second-order valence-electron chi connectivity index (χ2n) is 5.75. The van der Waals surface area contributed by atoms with E-state index in [0.29, 0.717) is 46.8 Å². The summed E-state index contributed by atoms with van der Waals surface area (Å²) >= 11 is 9.41. The maximum Gasteiger partial charge on any atom is 0.312 e. The molecule has 1 saturated heterocycles. The number of anilines is 1. The molecule has 1 aliphatic rings. The minimum Gasteiger partial charge on any atom is -0.385 e. The van der Waals surface area contributed by atoms with Crippen LogP contribution in [0.4, 0.5) is 11.5 Å². The van der Waals surface area contributed by atoms with Crippen molar-refractivity contribution in [1.29, 1.82) is 0 Å². The molecule has 0 saturated carbocycles. The Balaban J connectivity index is 1.83. The normalized spacial score (nSPS) is 16.9. The zero-order chi connectivity index (χ0) is 17.3. The van der Waals surface area contributed by atoms with Crippen molar-refractivity contribution in [2.45, 2.75) is 18.4 Å². The van der Waals surface area contributed by atoms with E-state index >= 15 is 0 Å². The third-order valence-corrected chi connectivity index (χ3v) is 5.04.